The van der Waals surface area contributed by atoms with Crippen molar-refractivity contribution in [1.29, 1.82) is 0 Å². The average molecular weight is 280 g/mol. The number of fused-ring (bicyclic) bond motifs is 1. The number of nitrogens with zero attached hydrogens (tertiary/aromatic N) is 2. The van der Waals surface area contributed by atoms with Gasteiger partial charge in [0.1, 0.15) is 12.1 Å². The van der Waals surface area contributed by atoms with Crippen molar-refractivity contribution in [2.24, 2.45) is 0 Å². The minimum Gasteiger partial charge on any atom is -0.365 e. The van der Waals surface area contributed by atoms with E-state index in [2.05, 4.69) is 15.3 Å². The van der Waals surface area contributed by atoms with Crippen LogP contribution in [0.3, 0.4) is 0 Å². The van der Waals surface area contributed by atoms with Crippen LogP contribution in [0, 0.1) is 0 Å². The Morgan fingerprint density at radius 1 is 1.22 bits per heavy atom. The second kappa shape index (κ2) is 5.24. The fraction of sp³-hybridized carbons (Fsp3) is 0.385. The maximum atomic E-state index is 5.92. The Morgan fingerprint density at radius 3 is 2.94 bits per heavy atom. The minimum absolute atomic E-state index is 0.779. The third-order valence-corrected chi connectivity index (χ3v) is 4.42. The molecule has 3 nitrogen and oxygen atoms in total. The van der Waals surface area contributed by atoms with Gasteiger partial charge in [-0.1, -0.05) is 11.6 Å². The first kappa shape index (κ1) is 11.9. The van der Waals surface area contributed by atoms with E-state index in [4.69, 9.17) is 11.6 Å². The lowest BCUT2D eigenvalue weighted by molar-refractivity contribution is 0.663. The van der Waals surface area contributed by atoms with E-state index in [1.807, 2.05) is 12.1 Å². The number of rotatable bonds is 3. The van der Waals surface area contributed by atoms with E-state index >= 15 is 0 Å². The average Bonchev–Trinajstić information content (AvgIpc) is 2.82. The summed E-state index contributed by atoms with van der Waals surface area (Å²) in [5.41, 5.74) is 2.51. The number of hydrogen-bond donors (Lipinski definition) is 1. The normalized spacial score (nSPS) is 14.3. The number of halogens is 1. The first-order chi connectivity index (χ1) is 8.83. The number of aryl methyl sites for hydroxylation is 1. The van der Waals surface area contributed by atoms with Crippen LogP contribution in [0.5, 0.6) is 0 Å². The molecule has 0 saturated heterocycles. The minimum atomic E-state index is 0.779. The van der Waals surface area contributed by atoms with Crippen LogP contribution >= 0.6 is 22.9 Å². The highest BCUT2D eigenvalue weighted by atomic mass is 35.5. The highest BCUT2D eigenvalue weighted by Crippen LogP contribution is 2.26. The molecule has 3 rings (SSSR count). The van der Waals surface area contributed by atoms with Crippen molar-refractivity contribution in [3.63, 3.8) is 0 Å². The van der Waals surface area contributed by atoms with Crippen LogP contribution in [-0.4, -0.2) is 9.97 Å². The molecule has 0 atom stereocenters. The molecule has 1 N–H and O–H groups in total. The molecule has 1 aliphatic rings. The van der Waals surface area contributed by atoms with Gasteiger partial charge in [0.15, 0.2) is 0 Å². The van der Waals surface area contributed by atoms with Crippen LogP contribution in [0.25, 0.3) is 0 Å². The van der Waals surface area contributed by atoms with Crippen LogP contribution in [0.1, 0.15) is 29.0 Å². The van der Waals surface area contributed by atoms with Crippen LogP contribution < -0.4 is 5.32 Å². The molecule has 0 unspecified atom stereocenters. The summed E-state index contributed by atoms with van der Waals surface area (Å²) in [5, 5.41) is 3.40. The van der Waals surface area contributed by atoms with Gasteiger partial charge in [-0.25, -0.2) is 9.97 Å². The summed E-state index contributed by atoms with van der Waals surface area (Å²) in [6.45, 7) is 0.779. The monoisotopic (exact) mass is 279 g/mol. The Bertz CT molecular complexity index is 553. The predicted octanol–water partition coefficient (Wildman–Crippen LogP) is 3.68. The van der Waals surface area contributed by atoms with Crippen LogP contribution in [0.2, 0.25) is 4.34 Å². The second-order valence-corrected chi connectivity index (χ2v) is 6.21. The molecule has 0 bridgehead atoms. The van der Waals surface area contributed by atoms with E-state index < -0.39 is 0 Å². The lowest BCUT2D eigenvalue weighted by Crippen LogP contribution is -2.11. The Morgan fingerprint density at radius 2 is 2.11 bits per heavy atom. The fourth-order valence-electron chi connectivity index (χ4n) is 2.29. The van der Waals surface area contributed by atoms with Crippen LogP contribution in [0.15, 0.2) is 18.5 Å². The molecule has 0 spiro atoms. The van der Waals surface area contributed by atoms with Gasteiger partial charge in [0.2, 0.25) is 0 Å². The molecular formula is C13H14ClN3S. The van der Waals surface area contributed by atoms with Crippen molar-refractivity contribution in [2.75, 3.05) is 5.32 Å². The molecule has 2 heterocycles. The van der Waals surface area contributed by atoms with Gasteiger partial charge in [-0.3, -0.25) is 0 Å². The van der Waals surface area contributed by atoms with Crippen molar-refractivity contribution < 1.29 is 0 Å². The number of hydrogen-bond acceptors (Lipinski definition) is 4. The van der Waals surface area contributed by atoms with E-state index in [0.29, 0.717) is 0 Å². The van der Waals surface area contributed by atoms with Crippen molar-refractivity contribution in [3.8, 4) is 0 Å². The fourth-order valence-corrected chi connectivity index (χ4v) is 3.32. The van der Waals surface area contributed by atoms with Gasteiger partial charge in [0.25, 0.3) is 0 Å². The van der Waals surface area contributed by atoms with Crippen LogP contribution in [-0.2, 0) is 19.4 Å². The number of anilines is 1. The first-order valence-electron chi connectivity index (χ1n) is 6.14. The molecular weight excluding hydrogens is 266 g/mol. The maximum Gasteiger partial charge on any atom is 0.133 e. The molecule has 1 aliphatic carbocycles. The summed E-state index contributed by atoms with van der Waals surface area (Å²) in [5.74, 6) is 0.990. The SMILES string of the molecule is Clc1ccc(CNc2ncnc3c2CCCC3)s1. The Balaban J connectivity index is 1.76. The van der Waals surface area contributed by atoms with Gasteiger partial charge < -0.3 is 5.32 Å². The highest BCUT2D eigenvalue weighted by Gasteiger charge is 2.15. The van der Waals surface area contributed by atoms with E-state index in [9.17, 15) is 0 Å². The maximum absolute atomic E-state index is 5.92. The molecule has 94 valence electrons. The summed E-state index contributed by atoms with van der Waals surface area (Å²) < 4.78 is 0.830. The standard InChI is InChI=1S/C13H14ClN3S/c14-12-6-5-9(18-12)7-15-13-10-3-1-2-4-11(10)16-8-17-13/h5-6,8H,1-4,7H2,(H,15,16,17). The van der Waals surface area contributed by atoms with Crippen molar-refractivity contribution >= 4 is 28.8 Å². The largest absolute Gasteiger partial charge is 0.365 e. The quantitative estimate of drug-likeness (QED) is 0.931. The van der Waals surface area contributed by atoms with Gasteiger partial charge in [-0.2, -0.15) is 0 Å². The predicted molar refractivity (Wildman–Crippen MR) is 75.3 cm³/mol. The third-order valence-electron chi connectivity index (χ3n) is 3.18. The van der Waals surface area contributed by atoms with Gasteiger partial charge in [-0.15, -0.1) is 11.3 Å². The number of thiophene rings is 1. The Labute approximate surface area is 115 Å². The zero-order valence-electron chi connectivity index (χ0n) is 9.95. The summed E-state index contributed by atoms with van der Waals surface area (Å²) in [4.78, 5) is 9.96. The molecule has 18 heavy (non-hydrogen) atoms. The first-order valence-corrected chi connectivity index (χ1v) is 7.33. The molecule has 2 aromatic rings. The summed E-state index contributed by atoms with van der Waals surface area (Å²) in [7, 11) is 0. The molecule has 0 fully saturated rings. The van der Waals surface area contributed by atoms with Gasteiger partial charge in [-0.05, 0) is 37.8 Å². The second-order valence-electron chi connectivity index (χ2n) is 4.41. The molecule has 2 aromatic heterocycles. The molecule has 5 heteroatoms. The molecule has 0 aliphatic heterocycles. The molecule has 0 radical (unpaired) electrons. The van der Waals surface area contributed by atoms with Crippen molar-refractivity contribution in [1.82, 2.24) is 9.97 Å². The summed E-state index contributed by atoms with van der Waals surface area (Å²) in [6.07, 6.45) is 6.30. The highest BCUT2D eigenvalue weighted by molar-refractivity contribution is 7.16. The van der Waals surface area contributed by atoms with Crippen molar-refractivity contribution in [3.05, 3.63) is 38.9 Å². The molecule has 0 aromatic carbocycles. The summed E-state index contributed by atoms with van der Waals surface area (Å²) in [6, 6.07) is 3.98. The molecule has 0 saturated carbocycles. The lowest BCUT2D eigenvalue weighted by atomic mass is 9.96. The lowest BCUT2D eigenvalue weighted by Gasteiger charge is -2.17. The van der Waals surface area contributed by atoms with Crippen molar-refractivity contribution in [2.45, 2.75) is 32.2 Å². The van der Waals surface area contributed by atoms with E-state index in [0.717, 1.165) is 29.5 Å². The third kappa shape index (κ3) is 2.49. The number of aromatic nitrogens is 2. The molecule has 0 amide bonds. The zero-order chi connectivity index (χ0) is 12.4. The van der Waals surface area contributed by atoms with Crippen LogP contribution in [0.4, 0.5) is 5.82 Å². The Kier molecular flexibility index (Phi) is 3.48. The zero-order valence-corrected chi connectivity index (χ0v) is 11.5. The van der Waals surface area contributed by atoms with Gasteiger partial charge in [0.05, 0.1) is 10.9 Å². The van der Waals surface area contributed by atoms with E-state index in [1.54, 1.807) is 17.7 Å². The smallest absolute Gasteiger partial charge is 0.133 e. The van der Waals surface area contributed by atoms with Gasteiger partial charge >= 0.3 is 0 Å². The summed E-state index contributed by atoms with van der Waals surface area (Å²) >= 11 is 7.53. The van der Waals surface area contributed by atoms with E-state index in [-0.39, 0.29) is 0 Å². The number of nitrogens with one attached hydrogen (secondary N) is 1. The van der Waals surface area contributed by atoms with E-state index in [1.165, 1.54) is 29.0 Å². The topological polar surface area (TPSA) is 37.8 Å². The van der Waals surface area contributed by atoms with Gasteiger partial charge in [0, 0.05) is 16.1 Å². The Hall–Kier alpha value is -1.13.